The van der Waals surface area contributed by atoms with Gasteiger partial charge in [-0.3, -0.25) is 4.98 Å². The number of aromatic nitrogens is 4. The molecule has 2 heterocycles. The minimum atomic E-state index is -1.32. The van der Waals surface area contributed by atoms with Gasteiger partial charge in [0.25, 0.3) is 0 Å². The molecule has 2 fully saturated rings. The molecule has 2 aliphatic rings. The fraction of sp³-hybridized carbons (Fsp3) is 0.333. The summed E-state index contributed by atoms with van der Waals surface area (Å²) < 4.78 is 15.6. The zero-order valence-electron chi connectivity index (χ0n) is 20.2. The predicted octanol–water partition coefficient (Wildman–Crippen LogP) is 5.52. The van der Waals surface area contributed by atoms with Gasteiger partial charge in [0, 0.05) is 23.3 Å². The first-order chi connectivity index (χ1) is 17.9. The molecule has 3 atom stereocenters. The highest BCUT2D eigenvalue weighted by atomic mass is 35.5. The Morgan fingerprint density at radius 3 is 2.73 bits per heavy atom. The molecule has 2 radical (unpaired) electrons. The van der Waals surface area contributed by atoms with E-state index in [4.69, 9.17) is 19.4 Å². The third-order valence-corrected chi connectivity index (χ3v) is 7.59. The smallest absolute Gasteiger partial charge is 0.123 e. The molecule has 2 aliphatic carbocycles. The highest BCUT2D eigenvalue weighted by molar-refractivity contribution is 6.36. The predicted molar refractivity (Wildman–Crippen MR) is 142 cm³/mol. The van der Waals surface area contributed by atoms with Gasteiger partial charge in [0.1, 0.15) is 25.4 Å². The van der Waals surface area contributed by atoms with Gasteiger partial charge in [0.2, 0.25) is 0 Å². The van der Waals surface area contributed by atoms with Crippen molar-refractivity contribution in [2.45, 2.75) is 50.1 Å². The summed E-state index contributed by atoms with van der Waals surface area (Å²) in [5.74, 6) is 0.216. The minimum Gasteiger partial charge on any atom is -0.380 e. The Morgan fingerprint density at radius 2 is 2.05 bits per heavy atom. The molecular formula is C27H24BClFN7. The summed E-state index contributed by atoms with van der Waals surface area (Å²) in [6.07, 6.45) is 7.62. The second-order valence-corrected chi connectivity index (χ2v) is 10.3. The largest absolute Gasteiger partial charge is 0.380 e. The van der Waals surface area contributed by atoms with Crippen molar-refractivity contribution in [2.75, 3.05) is 10.6 Å². The van der Waals surface area contributed by atoms with E-state index in [2.05, 4.69) is 38.9 Å². The van der Waals surface area contributed by atoms with E-state index in [0.29, 0.717) is 56.7 Å². The monoisotopic (exact) mass is 511 g/mol. The molecule has 2 aromatic heterocycles. The fourth-order valence-corrected chi connectivity index (χ4v) is 5.10. The molecule has 37 heavy (non-hydrogen) atoms. The number of rotatable bonds is 8. The zero-order chi connectivity index (χ0) is 25.7. The van der Waals surface area contributed by atoms with Crippen LogP contribution in [0.15, 0.2) is 48.8 Å². The number of nitrogens with zero attached hydrogens (tertiary/aromatic N) is 5. The van der Waals surface area contributed by atoms with Crippen molar-refractivity contribution in [3.8, 4) is 6.07 Å². The molecule has 10 heteroatoms. The van der Waals surface area contributed by atoms with E-state index in [1.54, 1.807) is 24.4 Å². The first kappa shape index (κ1) is 23.7. The van der Waals surface area contributed by atoms with Crippen LogP contribution >= 0.6 is 11.6 Å². The number of nitrogens with one attached hydrogen (secondary N) is 2. The summed E-state index contributed by atoms with van der Waals surface area (Å²) >= 11 is 6.70. The summed E-state index contributed by atoms with van der Waals surface area (Å²) in [6.45, 7) is 2.16. The molecule has 0 saturated heterocycles. The molecule has 1 unspecified atom stereocenters. The van der Waals surface area contributed by atoms with E-state index in [-0.39, 0.29) is 5.82 Å². The van der Waals surface area contributed by atoms with Crippen molar-refractivity contribution in [2.24, 2.45) is 5.92 Å². The average Bonchev–Trinajstić information content (AvgIpc) is 3.82. The number of hydrogen-bond donors (Lipinski definition) is 2. The maximum absolute atomic E-state index is 13.8. The van der Waals surface area contributed by atoms with Gasteiger partial charge in [-0.25, -0.2) is 9.07 Å². The molecule has 184 valence electrons. The van der Waals surface area contributed by atoms with Gasteiger partial charge in [-0.2, -0.15) is 5.26 Å². The maximum Gasteiger partial charge on any atom is 0.123 e. The molecule has 2 N–H and O–H groups in total. The van der Waals surface area contributed by atoms with Crippen LogP contribution in [0.5, 0.6) is 0 Å². The number of anilines is 2. The standard InChI is InChI=1S/C27H24BClFN7/c1-2-15-9-23(15)33-25-16(12-31)13-32-26-21(25)10-19(11-22(26)29)34-27(28,17-3-5-18(30)6-4-17)24-14-37(36-35-24)20-7-8-20/h3-6,10-11,13-15,20,23,34H,2,7-9H2,1H3,(H,32,33)/t15-,23-,27?/m1/s1. The second-order valence-electron chi connectivity index (χ2n) is 9.92. The first-order valence-electron chi connectivity index (χ1n) is 12.4. The van der Waals surface area contributed by atoms with E-state index in [0.717, 1.165) is 31.1 Å². The SMILES string of the molecule is [B]C(Nc1cc(Cl)c2ncc(C#N)c(N[C@@H]3C[C@H]3CC)c2c1)(c1ccc(F)cc1)c1cn(C2CC2)nn1. The number of benzene rings is 2. The summed E-state index contributed by atoms with van der Waals surface area (Å²) in [7, 11) is 7.00. The van der Waals surface area contributed by atoms with Gasteiger partial charge in [0.15, 0.2) is 0 Å². The lowest BCUT2D eigenvalue weighted by Crippen LogP contribution is -2.37. The molecular weight excluding hydrogens is 488 g/mol. The Hall–Kier alpha value is -3.64. The summed E-state index contributed by atoms with van der Waals surface area (Å²) in [6, 6.07) is 12.5. The summed E-state index contributed by atoms with van der Waals surface area (Å²) in [5.41, 5.74) is 2.14. The number of halogens is 2. The molecule has 2 saturated carbocycles. The molecule has 7 nitrogen and oxygen atoms in total. The lowest BCUT2D eigenvalue weighted by Gasteiger charge is -2.32. The zero-order valence-corrected chi connectivity index (χ0v) is 21.0. The van der Waals surface area contributed by atoms with Crippen LogP contribution in [0, 0.1) is 23.1 Å². The van der Waals surface area contributed by atoms with Gasteiger partial charge >= 0.3 is 0 Å². The molecule has 6 rings (SSSR count). The van der Waals surface area contributed by atoms with Gasteiger partial charge in [0.05, 0.1) is 39.5 Å². The van der Waals surface area contributed by atoms with Gasteiger partial charge in [-0.15, -0.1) is 5.10 Å². The molecule has 0 aliphatic heterocycles. The Kier molecular flexibility index (Phi) is 5.80. The van der Waals surface area contributed by atoms with Crippen molar-refractivity contribution in [3.05, 3.63) is 76.5 Å². The van der Waals surface area contributed by atoms with Crippen LogP contribution in [0.4, 0.5) is 15.8 Å². The van der Waals surface area contributed by atoms with Gasteiger partial charge in [-0.05, 0) is 55.0 Å². The summed E-state index contributed by atoms with van der Waals surface area (Å²) in [5, 5.41) is 26.5. The van der Waals surface area contributed by atoms with Crippen LogP contribution in [-0.4, -0.2) is 33.9 Å². The van der Waals surface area contributed by atoms with Crippen LogP contribution in [-0.2, 0) is 5.44 Å². The maximum atomic E-state index is 13.8. The number of pyridine rings is 1. The van der Waals surface area contributed by atoms with Crippen LogP contribution in [0.2, 0.25) is 5.02 Å². The Labute approximate surface area is 220 Å². The Bertz CT molecular complexity index is 1530. The van der Waals surface area contributed by atoms with Crippen molar-refractivity contribution >= 4 is 41.7 Å². The quantitative estimate of drug-likeness (QED) is 0.303. The molecule has 2 aromatic carbocycles. The molecule has 4 aromatic rings. The van der Waals surface area contributed by atoms with Crippen molar-refractivity contribution in [1.29, 1.82) is 5.26 Å². The molecule has 0 spiro atoms. The summed E-state index contributed by atoms with van der Waals surface area (Å²) in [4.78, 5) is 4.45. The Morgan fingerprint density at radius 1 is 1.27 bits per heavy atom. The molecule has 0 amide bonds. The lowest BCUT2D eigenvalue weighted by molar-refractivity contribution is 0.610. The number of fused-ring (bicyclic) bond motifs is 1. The van der Waals surface area contributed by atoms with E-state index >= 15 is 0 Å². The highest BCUT2D eigenvalue weighted by Crippen LogP contribution is 2.41. The number of hydrogen-bond acceptors (Lipinski definition) is 6. The second kappa shape index (κ2) is 9.03. The van der Waals surface area contributed by atoms with Crippen LogP contribution < -0.4 is 10.6 Å². The van der Waals surface area contributed by atoms with Crippen LogP contribution in [0.25, 0.3) is 10.9 Å². The highest BCUT2D eigenvalue weighted by Gasteiger charge is 2.37. The fourth-order valence-electron chi connectivity index (χ4n) is 4.83. The van der Waals surface area contributed by atoms with Gasteiger partial charge in [-0.1, -0.05) is 42.3 Å². The topological polar surface area (TPSA) is 91.5 Å². The van der Waals surface area contributed by atoms with E-state index in [9.17, 15) is 9.65 Å². The van der Waals surface area contributed by atoms with Crippen LogP contribution in [0.3, 0.4) is 0 Å². The third-order valence-electron chi connectivity index (χ3n) is 7.30. The number of nitriles is 1. The molecule has 0 bridgehead atoms. The van der Waals surface area contributed by atoms with Crippen molar-refractivity contribution in [3.63, 3.8) is 0 Å². The van der Waals surface area contributed by atoms with Crippen molar-refractivity contribution < 1.29 is 4.39 Å². The average molecular weight is 512 g/mol. The van der Waals surface area contributed by atoms with E-state index < -0.39 is 5.44 Å². The normalized spacial score (nSPS) is 20.3. The van der Waals surface area contributed by atoms with E-state index in [1.807, 2.05) is 16.9 Å². The van der Waals surface area contributed by atoms with Crippen molar-refractivity contribution in [1.82, 2.24) is 20.0 Å². The Balaban J connectivity index is 1.45. The third kappa shape index (κ3) is 4.40. The minimum absolute atomic E-state index is 0.309. The van der Waals surface area contributed by atoms with Gasteiger partial charge < -0.3 is 10.6 Å². The first-order valence-corrected chi connectivity index (χ1v) is 12.8. The van der Waals surface area contributed by atoms with E-state index in [1.165, 1.54) is 12.1 Å². The lowest BCUT2D eigenvalue weighted by atomic mass is 9.69. The van der Waals surface area contributed by atoms with Crippen LogP contribution in [0.1, 0.15) is 55.5 Å².